The summed E-state index contributed by atoms with van der Waals surface area (Å²) in [5.41, 5.74) is 5.56. The zero-order valence-electron chi connectivity index (χ0n) is 22.3. The zero-order valence-corrected chi connectivity index (χ0v) is 22.3. The van der Waals surface area contributed by atoms with E-state index in [1.165, 1.54) is 0 Å². The van der Waals surface area contributed by atoms with Gasteiger partial charge in [-0.25, -0.2) is 9.97 Å². The minimum Gasteiger partial charge on any atom is -0.383 e. The number of H-pyrrole nitrogens is 1. The van der Waals surface area contributed by atoms with E-state index in [0.717, 1.165) is 39.1 Å². The van der Waals surface area contributed by atoms with Crippen molar-refractivity contribution in [2.45, 2.75) is 34.6 Å². The van der Waals surface area contributed by atoms with Crippen LogP contribution < -0.4 is 10.6 Å². The van der Waals surface area contributed by atoms with Crippen molar-refractivity contribution >= 4 is 40.4 Å². The molecule has 36 heavy (non-hydrogen) atoms. The maximum absolute atomic E-state index is 12.7. The molecule has 8 heteroatoms. The molecule has 0 spiro atoms. The van der Waals surface area contributed by atoms with Crippen LogP contribution in [0.1, 0.15) is 49.4 Å². The fourth-order valence-corrected chi connectivity index (χ4v) is 3.34. The van der Waals surface area contributed by atoms with Crippen molar-refractivity contribution in [1.82, 2.24) is 25.2 Å². The molecule has 0 fully saturated rings. The predicted molar refractivity (Wildman–Crippen MR) is 152 cm³/mol. The molecule has 0 bridgehead atoms. The summed E-state index contributed by atoms with van der Waals surface area (Å²) < 4.78 is 0. The molecular weight excluding hydrogens is 450 g/mol. The number of benzene rings is 1. The SMILES string of the molecule is C=C(/C=C\N(C)C)CNC(=O)c1cc2cc(Nc3nccc(/C(=C/C)N=CC)n3)cc(C)c2[nH]1.CC. The van der Waals surface area contributed by atoms with Gasteiger partial charge in [-0.15, -0.1) is 0 Å². The van der Waals surface area contributed by atoms with E-state index in [4.69, 9.17) is 0 Å². The average Bonchev–Trinajstić information content (AvgIpc) is 3.31. The van der Waals surface area contributed by atoms with Gasteiger partial charge < -0.3 is 20.5 Å². The lowest BCUT2D eigenvalue weighted by atomic mass is 10.1. The van der Waals surface area contributed by atoms with Crippen LogP contribution in [0.3, 0.4) is 0 Å². The van der Waals surface area contributed by atoms with Crippen molar-refractivity contribution in [1.29, 1.82) is 0 Å². The van der Waals surface area contributed by atoms with Gasteiger partial charge in [0.05, 0.1) is 11.4 Å². The summed E-state index contributed by atoms with van der Waals surface area (Å²) in [4.78, 5) is 31.0. The second-order valence-electron chi connectivity index (χ2n) is 8.01. The number of aromatic amines is 1. The normalized spacial score (nSPS) is 11.5. The average molecular weight is 488 g/mol. The third-order valence-corrected chi connectivity index (χ3v) is 4.97. The van der Waals surface area contributed by atoms with E-state index in [9.17, 15) is 4.79 Å². The Labute approximate surface area is 214 Å². The number of hydrogen-bond donors (Lipinski definition) is 3. The molecule has 8 nitrogen and oxygen atoms in total. The highest BCUT2D eigenvalue weighted by Gasteiger charge is 2.12. The highest BCUT2D eigenvalue weighted by molar-refractivity contribution is 5.99. The number of fused-ring (bicyclic) bond motifs is 1. The van der Waals surface area contributed by atoms with Crippen LogP contribution in [0.5, 0.6) is 0 Å². The van der Waals surface area contributed by atoms with Crippen LogP contribution in [0.25, 0.3) is 16.6 Å². The zero-order chi connectivity index (χ0) is 26.7. The number of rotatable bonds is 9. The number of carbonyl (C=O) groups is 1. The number of aryl methyl sites for hydroxylation is 1. The number of anilines is 2. The summed E-state index contributed by atoms with van der Waals surface area (Å²) in [5, 5.41) is 7.08. The standard InChI is InChI=1S/C26H31N7O.C2H6/c1-7-21(27-8-2)22-9-11-28-26(32-22)30-20-13-18(4)24-19(14-20)15-23(31-24)25(34)29-16-17(3)10-12-33(5)6;1-2/h7-15,31H,3,16H2,1-2,4-6H3,(H,29,34)(H,28,30,32);1-2H3/b12-10-,21-7-,27-8?;. The van der Waals surface area contributed by atoms with Crippen LogP contribution in [0, 0.1) is 6.92 Å². The van der Waals surface area contributed by atoms with E-state index >= 15 is 0 Å². The monoisotopic (exact) mass is 487 g/mol. The quantitative estimate of drug-likeness (QED) is 0.260. The first kappa shape index (κ1) is 28.0. The molecule has 0 atom stereocenters. The minimum absolute atomic E-state index is 0.184. The molecule has 0 radical (unpaired) electrons. The Hall–Kier alpha value is -4.20. The van der Waals surface area contributed by atoms with Gasteiger partial charge in [0.2, 0.25) is 5.95 Å². The van der Waals surface area contributed by atoms with E-state index in [0.29, 0.717) is 18.2 Å². The lowest BCUT2D eigenvalue weighted by molar-refractivity contribution is 0.0953. The van der Waals surface area contributed by atoms with Crippen molar-refractivity contribution in [3.8, 4) is 0 Å². The Kier molecular flexibility index (Phi) is 10.6. The van der Waals surface area contributed by atoms with E-state index < -0.39 is 0 Å². The van der Waals surface area contributed by atoms with Crippen LogP contribution >= 0.6 is 0 Å². The molecule has 0 saturated carbocycles. The summed E-state index contributed by atoms with van der Waals surface area (Å²) in [6.45, 7) is 14.1. The van der Waals surface area contributed by atoms with Crippen LogP contribution in [0.4, 0.5) is 11.6 Å². The van der Waals surface area contributed by atoms with Gasteiger partial charge in [0.25, 0.3) is 5.91 Å². The van der Waals surface area contributed by atoms with E-state index in [1.54, 1.807) is 12.4 Å². The molecule has 0 saturated heterocycles. The highest BCUT2D eigenvalue weighted by atomic mass is 16.1. The Morgan fingerprint density at radius 3 is 2.64 bits per heavy atom. The van der Waals surface area contributed by atoms with Crippen molar-refractivity contribution in [2.75, 3.05) is 26.0 Å². The number of aliphatic imine (C=N–C) groups is 1. The van der Waals surface area contributed by atoms with E-state index in [2.05, 4.69) is 37.2 Å². The first-order valence-electron chi connectivity index (χ1n) is 12.0. The third kappa shape index (κ3) is 7.66. The molecule has 3 N–H and O–H groups in total. The molecular formula is C28H37N7O. The lowest BCUT2D eigenvalue weighted by Crippen LogP contribution is -2.25. The van der Waals surface area contributed by atoms with Crippen LogP contribution in [-0.2, 0) is 0 Å². The molecule has 1 aromatic carbocycles. The second kappa shape index (κ2) is 13.6. The number of hydrogen-bond acceptors (Lipinski definition) is 6. The third-order valence-electron chi connectivity index (χ3n) is 4.97. The fourth-order valence-electron chi connectivity index (χ4n) is 3.34. The van der Waals surface area contributed by atoms with Crippen molar-refractivity contribution in [2.24, 2.45) is 4.99 Å². The summed E-state index contributed by atoms with van der Waals surface area (Å²) in [5.74, 6) is 0.288. The summed E-state index contributed by atoms with van der Waals surface area (Å²) in [6, 6.07) is 7.62. The number of nitrogens with one attached hydrogen (secondary N) is 3. The van der Waals surface area contributed by atoms with Crippen LogP contribution in [-0.4, -0.2) is 52.6 Å². The van der Waals surface area contributed by atoms with Crippen LogP contribution in [0.15, 0.2) is 66.0 Å². The summed E-state index contributed by atoms with van der Waals surface area (Å²) in [6.07, 6.45) is 9.11. The smallest absolute Gasteiger partial charge is 0.267 e. The molecule has 3 rings (SSSR count). The molecule has 0 aliphatic carbocycles. The van der Waals surface area contributed by atoms with Gasteiger partial charge in [0.1, 0.15) is 5.69 Å². The molecule has 1 amide bonds. The number of amides is 1. The molecule has 3 aromatic rings. The number of carbonyl (C=O) groups excluding carboxylic acids is 1. The Morgan fingerprint density at radius 1 is 1.22 bits per heavy atom. The predicted octanol–water partition coefficient (Wildman–Crippen LogP) is 5.85. The topological polar surface area (TPSA) is 98.3 Å². The second-order valence-corrected chi connectivity index (χ2v) is 8.01. The summed E-state index contributed by atoms with van der Waals surface area (Å²) >= 11 is 0. The first-order chi connectivity index (χ1) is 17.3. The van der Waals surface area contributed by atoms with Crippen molar-refractivity contribution in [3.05, 3.63) is 77.9 Å². The van der Waals surface area contributed by atoms with Gasteiger partial charge in [0, 0.05) is 49.6 Å². The molecule has 0 aliphatic rings. The Balaban J connectivity index is 0.00000222. The molecule has 190 valence electrons. The summed E-state index contributed by atoms with van der Waals surface area (Å²) in [7, 11) is 3.86. The van der Waals surface area contributed by atoms with Gasteiger partial charge in [0.15, 0.2) is 0 Å². The van der Waals surface area contributed by atoms with Gasteiger partial charge in [-0.3, -0.25) is 9.79 Å². The number of nitrogens with zero attached hydrogens (tertiary/aromatic N) is 4. The maximum atomic E-state index is 12.7. The molecule has 2 heterocycles. The molecule has 0 aliphatic heterocycles. The van der Waals surface area contributed by atoms with E-state index in [1.807, 2.05) is 96.2 Å². The van der Waals surface area contributed by atoms with Gasteiger partial charge in [-0.1, -0.05) is 26.5 Å². The van der Waals surface area contributed by atoms with Gasteiger partial charge >= 0.3 is 0 Å². The molecule has 0 unspecified atom stereocenters. The van der Waals surface area contributed by atoms with Crippen molar-refractivity contribution < 1.29 is 4.79 Å². The van der Waals surface area contributed by atoms with Gasteiger partial charge in [-0.05, 0) is 68.4 Å². The van der Waals surface area contributed by atoms with Crippen molar-refractivity contribution in [3.63, 3.8) is 0 Å². The van der Waals surface area contributed by atoms with E-state index in [-0.39, 0.29) is 5.91 Å². The minimum atomic E-state index is -0.184. The number of allylic oxidation sites excluding steroid dienone is 1. The fraction of sp³-hybridized carbons (Fsp3) is 0.286. The van der Waals surface area contributed by atoms with Crippen LogP contribution in [0.2, 0.25) is 0 Å². The highest BCUT2D eigenvalue weighted by Crippen LogP contribution is 2.26. The Morgan fingerprint density at radius 2 is 1.97 bits per heavy atom. The Bertz CT molecular complexity index is 1280. The largest absolute Gasteiger partial charge is 0.383 e. The first-order valence-corrected chi connectivity index (χ1v) is 12.0. The number of aromatic nitrogens is 3. The van der Waals surface area contributed by atoms with Gasteiger partial charge in [-0.2, -0.15) is 0 Å². The lowest BCUT2D eigenvalue weighted by Gasteiger charge is -2.08. The molecule has 2 aromatic heterocycles. The maximum Gasteiger partial charge on any atom is 0.267 e.